The number of amides is 3. The maximum atomic E-state index is 13.2. The van der Waals surface area contributed by atoms with Gasteiger partial charge in [0.2, 0.25) is 0 Å². The van der Waals surface area contributed by atoms with E-state index in [1.54, 1.807) is 18.2 Å². The number of hydrogen-bond donors (Lipinski definition) is 1. The summed E-state index contributed by atoms with van der Waals surface area (Å²) in [6, 6.07) is 17.9. The molecule has 1 fully saturated rings. The number of aryl methyl sites for hydroxylation is 1. The number of benzene rings is 3. The van der Waals surface area contributed by atoms with Crippen LogP contribution in [-0.2, 0) is 11.3 Å². The second-order valence-corrected chi connectivity index (χ2v) is 8.96. The zero-order valence-electron chi connectivity index (χ0n) is 19.8. The van der Waals surface area contributed by atoms with Crippen LogP contribution in [0.1, 0.15) is 47.8 Å². The number of morpholine rings is 1. The van der Waals surface area contributed by atoms with Crippen LogP contribution in [0, 0.1) is 13.8 Å². The Bertz CT molecular complexity index is 1310. The van der Waals surface area contributed by atoms with Crippen LogP contribution in [0.4, 0.5) is 11.4 Å². The van der Waals surface area contributed by atoms with Gasteiger partial charge in [-0.2, -0.15) is 0 Å². The van der Waals surface area contributed by atoms with E-state index in [9.17, 15) is 14.4 Å². The number of fused-ring (bicyclic) bond motifs is 1. The van der Waals surface area contributed by atoms with Crippen molar-refractivity contribution in [1.82, 2.24) is 4.90 Å². The van der Waals surface area contributed by atoms with Gasteiger partial charge in [-0.1, -0.05) is 24.3 Å². The van der Waals surface area contributed by atoms with E-state index in [1.165, 1.54) is 11.0 Å². The second-order valence-electron chi connectivity index (χ2n) is 8.96. The Morgan fingerprint density at radius 2 is 1.63 bits per heavy atom. The molecule has 0 aliphatic carbocycles. The number of ether oxygens (including phenoxy) is 1. The van der Waals surface area contributed by atoms with Gasteiger partial charge in [0.1, 0.15) is 0 Å². The second kappa shape index (κ2) is 9.44. The lowest BCUT2D eigenvalue weighted by molar-refractivity contribution is 0.0342. The van der Waals surface area contributed by atoms with Crippen LogP contribution in [0.15, 0.2) is 60.7 Å². The van der Waals surface area contributed by atoms with Crippen LogP contribution >= 0.6 is 0 Å². The Morgan fingerprint density at radius 3 is 2.37 bits per heavy atom. The third-order valence-corrected chi connectivity index (χ3v) is 6.69. The summed E-state index contributed by atoms with van der Waals surface area (Å²) in [4.78, 5) is 42.6. The molecular weight excluding hydrogens is 442 g/mol. The molecule has 1 saturated heterocycles. The zero-order valence-corrected chi connectivity index (χ0v) is 19.8. The Hall–Kier alpha value is -3.81. The van der Waals surface area contributed by atoms with Gasteiger partial charge >= 0.3 is 0 Å². The van der Waals surface area contributed by atoms with Gasteiger partial charge in [-0.05, 0) is 66.9 Å². The van der Waals surface area contributed by atoms with Crippen molar-refractivity contribution in [1.29, 1.82) is 0 Å². The molecule has 0 spiro atoms. The first-order valence-corrected chi connectivity index (χ1v) is 11.7. The summed E-state index contributed by atoms with van der Waals surface area (Å²) in [5.41, 5.74) is 5.14. The van der Waals surface area contributed by atoms with E-state index >= 15 is 0 Å². The highest BCUT2D eigenvalue weighted by Gasteiger charge is 2.38. The molecule has 0 radical (unpaired) electrons. The molecule has 5 rings (SSSR count). The summed E-state index contributed by atoms with van der Waals surface area (Å²) in [6.07, 6.45) is 0. The van der Waals surface area contributed by atoms with Crippen LogP contribution in [0.25, 0.3) is 0 Å². The Morgan fingerprint density at radius 1 is 0.914 bits per heavy atom. The number of carbonyl (C=O) groups excluding carboxylic acids is 3. The van der Waals surface area contributed by atoms with Crippen molar-refractivity contribution >= 4 is 29.1 Å². The minimum Gasteiger partial charge on any atom is -0.379 e. The topological polar surface area (TPSA) is 79.0 Å². The molecule has 3 amide bonds. The van der Waals surface area contributed by atoms with Gasteiger partial charge in [-0.25, -0.2) is 4.90 Å². The maximum absolute atomic E-state index is 13.2. The van der Waals surface area contributed by atoms with Gasteiger partial charge in [0.05, 0.1) is 30.0 Å². The van der Waals surface area contributed by atoms with Crippen molar-refractivity contribution in [2.45, 2.75) is 20.4 Å². The highest BCUT2D eigenvalue weighted by Crippen LogP contribution is 2.32. The summed E-state index contributed by atoms with van der Waals surface area (Å²) in [5.74, 6) is -1.12. The van der Waals surface area contributed by atoms with E-state index in [-0.39, 0.29) is 17.4 Å². The van der Waals surface area contributed by atoms with Crippen molar-refractivity contribution in [2.24, 2.45) is 0 Å². The lowest BCUT2D eigenvalue weighted by Gasteiger charge is -2.26. The summed E-state index contributed by atoms with van der Waals surface area (Å²) in [7, 11) is 0. The third kappa shape index (κ3) is 4.48. The predicted molar refractivity (Wildman–Crippen MR) is 134 cm³/mol. The molecule has 35 heavy (non-hydrogen) atoms. The van der Waals surface area contributed by atoms with Crippen LogP contribution in [0.5, 0.6) is 0 Å². The first kappa shape index (κ1) is 23.0. The molecule has 1 N–H and O–H groups in total. The van der Waals surface area contributed by atoms with E-state index < -0.39 is 5.91 Å². The number of nitrogens with one attached hydrogen (secondary N) is 1. The highest BCUT2D eigenvalue weighted by molar-refractivity contribution is 6.35. The maximum Gasteiger partial charge on any atom is 0.266 e. The molecule has 3 aromatic carbocycles. The summed E-state index contributed by atoms with van der Waals surface area (Å²) in [6.45, 7) is 8.01. The summed E-state index contributed by atoms with van der Waals surface area (Å²) >= 11 is 0. The molecule has 2 aliphatic rings. The van der Waals surface area contributed by atoms with Crippen molar-refractivity contribution in [3.63, 3.8) is 0 Å². The molecule has 178 valence electrons. The van der Waals surface area contributed by atoms with Gasteiger partial charge < -0.3 is 10.1 Å². The van der Waals surface area contributed by atoms with E-state index in [0.29, 0.717) is 22.5 Å². The van der Waals surface area contributed by atoms with Crippen LogP contribution in [0.2, 0.25) is 0 Å². The molecule has 0 unspecified atom stereocenters. The molecule has 7 heteroatoms. The number of hydrogen-bond acceptors (Lipinski definition) is 5. The Kier molecular flexibility index (Phi) is 6.19. The van der Waals surface area contributed by atoms with Gasteiger partial charge in [0.25, 0.3) is 17.7 Å². The van der Waals surface area contributed by atoms with E-state index in [1.807, 2.05) is 50.2 Å². The number of imide groups is 1. The van der Waals surface area contributed by atoms with E-state index in [0.717, 1.165) is 49.5 Å². The minimum atomic E-state index is -0.416. The molecule has 3 aromatic rings. The fourth-order valence-electron chi connectivity index (χ4n) is 4.49. The van der Waals surface area contributed by atoms with Gasteiger partial charge in [-0.15, -0.1) is 0 Å². The van der Waals surface area contributed by atoms with Crippen LogP contribution < -0.4 is 10.2 Å². The van der Waals surface area contributed by atoms with Crippen molar-refractivity contribution in [2.75, 3.05) is 36.5 Å². The van der Waals surface area contributed by atoms with Gasteiger partial charge in [0.15, 0.2) is 0 Å². The molecule has 2 aliphatic heterocycles. The van der Waals surface area contributed by atoms with Crippen molar-refractivity contribution in [3.8, 4) is 0 Å². The van der Waals surface area contributed by atoms with Crippen LogP contribution in [0.3, 0.4) is 0 Å². The molecule has 2 heterocycles. The molecule has 0 saturated carbocycles. The van der Waals surface area contributed by atoms with Crippen molar-refractivity contribution < 1.29 is 19.1 Å². The van der Waals surface area contributed by atoms with Crippen molar-refractivity contribution in [3.05, 3.63) is 94.0 Å². The average molecular weight is 470 g/mol. The fourth-order valence-corrected chi connectivity index (χ4v) is 4.49. The fraction of sp³-hybridized carbons (Fsp3) is 0.250. The Labute approximate surface area is 204 Å². The third-order valence-electron chi connectivity index (χ3n) is 6.69. The van der Waals surface area contributed by atoms with Gasteiger partial charge in [-0.3, -0.25) is 19.3 Å². The monoisotopic (exact) mass is 469 g/mol. The summed E-state index contributed by atoms with van der Waals surface area (Å²) in [5, 5.41) is 2.88. The molecule has 7 nitrogen and oxygen atoms in total. The number of rotatable bonds is 5. The highest BCUT2D eigenvalue weighted by atomic mass is 16.5. The average Bonchev–Trinajstić information content (AvgIpc) is 3.12. The van der Waals surface area contributed by atoms with E-state index in [2.05, 4.69) is 10.2 Å². The standard InChI is InChI=1S/C28H27N3O4/c1-18-4-3-5-25(19(18)2)31-27(33)23-11-8-21(16-24(23)28(31)34)26(32)29-22-9-6-20(7-10-22)17-30-12-14-35-15-13-30/h3-11,16H,12-15,17H2,1-2H3,(H,29,32). The summed E-state index contributed by atoms with van der Waals surface area (Å²) < 4.78 is 5.39. The number of anilines is 2. The lowest BCUT2D eigenvalue weighted by Crippen LogP contribution is -2.35. The molecule has 0 bridgehead atoms. The largest absolute Gasteiger partial charge is 0.379 e. The molecule has 0 aromatic heterocycles. The normalized spacial score (nSPS) is 15.9. The molecule has 0 atom stereocenters. The Balaban J connectivity index is 1.31. The number of nitrogens with zero attached hydrogens (tertiary/aromatic N) is 2. The molecular formula is C28H27N3O4. The predicted octanol–water partition coefficient (Wildman–Crippen LogP) is 4.19. The quantitative estimate of drug-likeness (QED) is 0.567. The minimum absolute atomic E-state index is 0.240. The zero-order chi connectivity index (χ0) is 24.5. The first-order chi connectivity index (χ1) is 16.9. The van der Waals surface area contributed by atoms with Crippen LogP contribution in [-0.4, -0.2) is 48.9 Å². The first-order valence-electron chi connectivity index (χ1n) is 11.7. The van der Waals surface area contributed by atoms with E-state index in [4.69, 9.17) is 4.74 Å². The lowest BCUT2D eigenvalue weighted by atomic mass is 10.1. The van der Waals surface area contributed by atoms with Gasteiger partial charge in [0, 0.05) is 30.9 Å². The smallest absolute Gasteiger partial charge is 0.266 e. The SMILES string of the molecule is Cc1cccc(N2C(=O)c3ccc(C(=O)Nc4ccc(CN5CCOCC5)cc4)cc3C2=O)c1C. The number of carbonyl (C=O) groups is 3.